The number of amides is 6. The SMILES string of the molecule is C=C(C)C(=O)OCC(OC(=O)c1ccc(C(=O)O)cc1C(=O)O)OC(=O)C(C)(COC)COC(=O)Nc1ccc(Cc2ccc(NC(C)=O)cc2)cc1.COCC(C)(COC(=O)Nc1ccc(Cc2ccc(NC(C)=O)cc2)cc1)C(=O)O.COCC(C)OC(=O)Nc1ccc(Cc2ccc(NC(C)=O)cc2)cc1.I.II.I[I-]I. The van der Waals surface area contributed by atoms with Gasteiger partial charge in [-0.05, 0) is 171 Å². The molecule has 7 rings (SSSR count). The van der Waals surface area contributed by atoms with Gasteiger partial charge in [-0.2, -0.15) is 0 Å². The summed E-state index contributed by atoms with van der Waals surface area (Å²) < 4.78 is 46.0. The number of carboxylic acids is 3. The van der Waals surface area contributed by atoms with E-state index in [1.165, 1.54) is 55.8 Å². The molecule has 4 unspecified atom stereocenters. The van der Waals surface area contributed by atoms with Gasteiger partial charge < -0.3 is 73.9 Å². The second kappa shape index (κ2) is 54.5. The molecule has 30 nitrogen and oxygen atoms in total. The van der Waals surface area contributed by atoms with Crippen LogP contribution in [0.4, 0.5) is 48.5 Å². The fourth-order valence-corrected chi connectivity index (χ4v) is 9.71. The number of aliphatic carboxylic acids is 1. The van der Waals surface area contributed by atoms with Gasteiger partial charge in [-0.1, -0.05) is 79.4 Å². The van der Waals surface area contributed by atoms with Crippen LogP contribution >= 0.6 is 98.4 Å². The molecule has 0 aliphatic heterocycles. The summed E-state index contributed by atoms with van der Waals surface area (Å²) in [5.74, 6) is -7.96. The van der Waals surface area contributed by atoms with Crippen LogP contribution in [0.15, 0.2) is 176 Å². The predicted molar refractivity (Wildman–Crippen MR) is 472 cm³/mol. The van der Waals surface area contributed by atoms with Crippen molar-refractivity contribution >= 4 is 204 Å². The minimum absolute atomic E-state index is 0. The van der Waals surface area contributed by atoms with Crippen LogP contribution < -0.4 is 45.2 Å². The molecular weight excluding hydrogens is 2180 g/mol. The van der Waals surface area contributed by atoms with Gasteiger partial charge in [0.2, 0.25) is 17.7 Å². The number of carbonyl (C=O) groups excluding carboxylic acids is 9. The van der Waals surface area contributed by atoms with Gasteiger partial charge in [-0.25, -0.2) is 33.6 Å². The predicted octanol–water partition coefficient (Wildman–Crippen LogP) is 13.2. The topological polar surface area (TPSA) is 421 Å². The summed E-state index contributed by atoms with van der Waals surface area (Å²) in [6.07, 6.45) is -2.38. The van der Waals surface area contributed by atoms with E-state index in [9.17, 15) is 72.9 Å². The number of aromatic carboxylic acids is 2. The van der Waals surface area contributed by atoms with Gasteiger partial charge in [-0.3, -0.25) is 39.9 Å². The molecule has 36 heteroatoms. The summed E-state index contributed by atoms with van der Waals surface area (Å²) in [6, 6.07) is 47.0. The van der Waals surface area contributed by atoms with Crippen molar-refractivity contribution in [2.24, 2.45) is 10.8 Å². The molecule has 7 aromatic carbocycles. The number of rotatable bonds is 33. The molecule has 7 aromatic rings. The van der Waals surface area contributed by atoms with Crippen LogP contribution in [0.25, 0.3) is 0 Å². The zero-order valence-electron chi connectivity index (χ0n) is 64.0. The molecule has 0 saturated heterocycles. The molecule has 0 aliphatic carbocycles. The number of anilines is 6. The Labute approximate surface area is 735 Å². The average Bonchev–Trinajstić information content (AvgIpc) is 0.812. The number of hydrogen-bond acceptors (Lipinski definition) is 21. The maximum absolute atomic E-state index is 13.4. The van der Waals surface area contributed by atoms with Crippen molar-refractivity contribution in [2.45, 2.75) is 80.1 Å². The Morgan fingerprint density at radius 1 is 0.426 bits per heavy atom. The number of methoxy groups -OCH3 is 3. The van der Waals surface area contributed by atoms with Crippen molar-refractivity contribution < 1.29 is 129 Å². The zero-order valence-corrected chi connectivity index (χ0v) is 77.1. The van der Waals surface area contributed by atoms with Crippen LogP contribution in [0.5, 0.6) is 0 Å². The molecule has 4 atom stereocenters. The molecule has 0 fully saturated rings. The maximum atomic E-state index is 13.4. The van der Waals surface area contributed by atoms with E-state index >= 15 is 0 Å². The van der Waals surface area contributed by atoms with Crippen molar-refractivity contribution in [1.29, 1.82) is 0 Å². The number of halogens is 6. The second-order valence-corrected chi connectivity index (χ2v) is 41.5. The van der Waals surface area contributed by atoms with Gasteiger partial charge in [0, 0.05) is 119 Å². The van der Waals surface area contributed by atoms with E-state index in [-0.39, 0.29) is 73.2 Å². The van der Waals surface area contributed by atoms with Crippen LogP contribution in [0.1, 0.15) is 113 Å². The Bertz CT molecular complexity index is 4360. The van der Waals surface area contributed by atoms with E-state index in [1.807, 2.05) is 97.1 Å². The van der Waals surface area contributed by atoms with E-state index in [4.69, 9.17) is 42.6 Å². The Kier molecular flexibility index (Phi) is 48.6. The minimum atomic E-state index is -1.95. The molecule has 0 aliphatic rings. The summed E-state index contributed by atoms with van der Waals surface area (Å²) in [6.45, 7) is 11.9. The van der Waals surface area contributed by atoms with Crippen LogP contribution in [-0.4, -0.2) is 161 Å². The van der Waals surface area contributed by atoms with Crippen LogP contribution in [0, 0.1) is 10.8 Å². The molecule has 0 saturated carbocycles. The normalized spacial score (nSPS) is 11.7. The van der Waals surface area contributed by atoms with Gasteiger partial charge in [-0.15, -0.1) is 24.0 Å². The molecule has 0 aromatic heterocycles. The summed E-state index contributed by atoms with van der Waals surface area (Å²) in [7, 11) is 4.22. The molecular formula is C79H89I6N6O24-. The molecule has 0 heterocycles. The number of carboxylic acid groups (broad SMARTS) is 3. The second-order valence-electron chi connectivity index (χ2n) is 25.3. The van der Waals surface area contributed by atoms with Crippen molar-refractivity contribution in [3.05, 3.63) is 226 Å². The molecule has 0 radical (unpaired) electrons. The number of benzene rings is 7. The number of ether oxygens (including phenoxy) is 9. The summed E-state index contributed by atoms with van der Waals surface area (Å²) in [4.78, 5) is 143. The van der Waals surface area contributed by atoms with E-state index in [1.54, 1.807) is 62.6 Å². The standard InChI is InChI=1S/C37H38N2O14.C22H26N2O6.C20H24N2O4.I3.I2.HI/c1-21(2)33(45)50-18-30(52-34(46)28-15-10-25(31(41)42)17-29(28)32(43)44)53-35(47)37(4,19-49-5)20-51-36(48)39-27-13-8-24(9-14-27)16-23-6-11-26(12-7-23)38-22(3)40;1-15(25)23-18-8-4-16(5-9-18)12-17-6-10-19(11-7-17)24-21(28)30-14-22(2,13-29-3)20(26)27;1-14(13-25-3)26-20(24)22-19-10-6-17(7-11-19)12-16-4-8-18(9-5-16)21-15(2)23;1-3-2;1-2;/h6-15,17,30H,1,16,18-20H2,2-5H3,(H,38,40)(H,39,48)(H,41,42)(H,43,44);4-11H,12-14H2,1-3H3,(H,23,25)(H,24,28)(H,26,27);4-11,14H,12-13H2,1-3H3,(H,21,23)(H,22,24);;;1H/q;;;-1;;. The first kappa shape index (κ1) is 103. The van der Waals surface area contributed by atoms with Gasteiger partial charge in [0.25, 0.3) is 6.29 Å². The molecule has 6 amide bonds. The number of nitrogens with one attached hydrogen (secondary N) is 6. The third kappa shape index (κ3) is 39.9. The van der Waals surface area contributed by atoms with Crippen molar-refractivity contribution in [1.82, 2.24) is 0 Å². The molecule has 9 N–H and O–H groups in total. The summed E-state index contributed by atoms with van der Waals surface area (Å²) >= 11 is 9.54. The van der Waals surface area contributed by atoms with Crippen molar-refractivity contribution in [2.75, 3.05) is 92.9 Å². The van der Waals surface area contributed by atoms with Gasteiger partial charge in [0.15, 0.2) is 6.61 Å². The fraction of sp³-hybridized carbons (Fsp3) is 0.291. The van der Waals surface area contributed by atoms with Crippen LogP contribution in [0.3, 0.4) is 0 Å². The Hall–Kier alpha value is -8.42. The van der Waals surface area contributed by atoms with Crippen molar-refractivity contribution in [3.63, 3.8) is 0 Å². The number of carbonyl (C=O) groups is 12. The summed E-state index contributed by atoms with van der Waals surface area (Å²) in [5.41, 5.74) is 5.32. The fourth-order valence-electron chi connectivity index (χ4n) is 9.71. The van der Waals surface area contributed by atoms with E-state index in [2.05, 4.69) is 113 Å². The Balaban J connectivity index is 0.000000612. The van der Waals surface area contributed by atoms with Crippen LogP contribution in [0.2, 0.25) is 0 Å². The van der Waals surface area contributed by atoms with Gasteiger partial charge in [0.05, 0.1) is 36.5 Å². The van der Waals surface area contributed by atoms with Crippen molar-refractivity contribution in [3.8, 4) is 0 Å². The number of esters is 3. The molecule has 0 bridgehead atoms. The summed E-state index contributed by atoms with van der Waals surface area (Å²) in [5, 5.41) is 44.0. The Morgan fingerprint density at radius 3 is 1.06 bits per heavy atom. The van der Waals surface area contributed by atoms with Crippen LogP contribution in [-0.2, 0) is 90.7 Å². The third-order valence-corrected chi connectivity index (χ3v) is 15.2. The Morgan fingerprint density at radius 2 is 0.757 bits per heavy atom. The van der Waals surface area contributed by atoms with Gasteiger partial charge >= 0.3 is 105 Å². The third-order valence-electron chi connectivity index (χ3n) is 15.2. The monoisotopic (exact) mass is 2270 g/mol. The molecule has 0 spiro atoms. The van der Waals surface area contributed by atoms with E-state index < -0.39 is 101 Å². The molecule has 622 valence electrons. The first-order chi connectivity index (χ1) is 54.1. The quantitative estimate of drug-likeness (QED) is 0.00606. The number of hydrogen-bond donors (Lipinski definition) is 9. The van der Waals surface area contributed by atoms with E-state index in [0.717, 1.165) is 69.4 Å². The average molecular weight is 2270 g/mol. The first-order valence-corrected chi connectivity index (χ1v) is 52.7. The van der Waals surface area contributed by atoms with Gasteiger partial charge in [0.1, 0.15) is 30.1 Å². The molecule has 115 heavy (non-hydrogen) atoms. The zero-order chi connectivity index (χ0) is 85.1. The van der Waals surface area contributed by atoms with E-state index in [0.29, 0.717) is 55.5 Å². The first-order valence-electron chi connectivity index (χ1n) is 33.9.